The summed E-state index contributed by atoms with van der Waals surface area (Å²) in [5.74, 6) is 0.626. The number of urea groups is 1. The van der Waals surface area contributed by atoms with Crippen molar-refractivity contribution >= 4 is 50.1 Å². The van der Waals surface area contributed by atoms with Crippen LogP contribution in [0.15, 0.2) is 73.2 Å². The van der Waals surface area contributed by atoms with Crippen LogP contribution in [-0.4, -0.2) is 77.8 Å². The van der Waals surface area contributed by atoms with Crippen molar-refractivity contribution in [3.05, 3.63) is 74.9 Å². The summed E-state index contributed by atoms with van der Waals surface area (Å²) in [7, 11) is 5.30. The van der Waals surface area contributed by atoms with Gasteiger partial charge in [-0.05, 0) is 72.6 Å². The lowest BCUT2D eigenvalue weighted by Gasteiger charge is -2.25. The lowest BCUT2D eigenvalue weighted by Crippen LogP contribution is -2.39. The van der Waals surface area contributed by atoms with E-state index in [4.69, 9.17) is 4.74 Å². The first kappa shape index (κ1) is 32.1. The number of nitrogens with one attached hydrogen (secondary N) is 2. The molecule has 3 unspecified atom stereocenters. The van der Waals surface area contributed by atoms with E-state index in [0.29, 0.717) is 34.9 Å². The highest BCUT2D eigenvalue weighted by molar-refractivity contribution is 8.13. The molecule has 14 heteroatoms. The number of carbonyl (C=O) groups excluding carboxylic acids is 2. The molecule has 2 N–H and O–H groups in total. The Kier molecular flexibility index (Phi) is 10.9. The number of benzene rings is 1. The number of hydrogen-bond acceptors (Lipinski definition) is 6. The summed E-state index contributed by atoms with van der Waals surface area (Å²) in [6.07, 6.45) is 0.966. The number of thioether (sulfide) groups is 1. The number of aromatic nitrogens is 1. The van der Waals surface area contributed by atoms with Crippen molar-refractivity contribution in [2.45, 2.75) is 43.7 Å². The fourth-order valence-electron chi connectivity index (χ4n) is 4.38. The molecule has 1 aromatic carbocycles. The second-order valence-electron chi connectivity index (χ2n) is 9.96. The maximum atomic E-state index is 14.2. The molecule has 0 spiro atoms. The Labute approximate surface area is 254 Å². The summed E-state index contributed by atoms with van der Waals surface area (Å²) < 4.78 is 33.9. The number of aryl methyl sites for hydroxylation is 1. The van der Waals surface area contributed by atoms with Crippen molar-refractivity contribution in [2.75, 3.05) is 32.6 Å². The Morgan fingerprint density at radius 1 is 1.28 bits per heavy atom. The van der Waals surface area contributed by atoms with Gasteiger partial charge in [0.15, 0.2) is 12.3 Å². The molecule has 10 nitrogen and oxygen atoms in total. The Morgan fingerprint density at radius 3 is 2.77 bits per heavy atom. The number of nitrogens with zero attached hydrogens (tertiary/aromatic N) is 4. The third-order valence-electron chi connectivity index (χ3n) is 6.71. The minimum atomic E-state index is -1.87. The third-order valence-corrected chi connectivity index (χ3v) is 8.13. The molecule has 228 valence electrons. The molecule has 1 aliphatic carbocycles. The number of aliphatic imine (C=N–C) groups is 2. The molecule has 3 atom stereocenters. The predicted molar refractivity (Wildman–Crippen MR) is 169 cm³/mol. The van der Waals surface area contributed by atoms with Crippen LogP contribution in [0.5, 0.6) is 5.75 Å². The van der Waals surface area contributed by atoms with E-state index >= 15 is 0 Å². The monoisotopic (exact) mass is 630 g/mol. The minimum absolute atomic E-state index is 0.0558. The maximum absolute atomic E-state index is 14.2. The Morgan fingerprint density at radius 2 is 2.07 bits per heavy atom. The summed E-state index contributed by atoms with van der Waals surface area (Å²) in [5.41, 5.74) is 1.81. The van der Waals surface area contributed by atoms with Gasteiger partial charge < -0.3 is 19.9 Å². The van der Waals surface area contributed by atoms with E-state index in [1.807, 2.05) is 13.0 Å². The van der Waals surface area contributed by atoms with Gasteiger partial charge in [-0.2, -0.15) is 4.99 Å². The molecule has 0 bridgehead atoms. The lowest BCUT2D eigenvalue weighted by molar-refractivity contribution is -0.114. The highest BCUT2D eigenvalue weighted by Crippen LogP contribution is 2.29. The second kappa shape index (κ2) is 14.6. The first-order valence-corrected chi connectivity index (χ1v) is 14.8. The number of carbonyl (C=O) groups is 2. The number of ether oxygens (including phenoxy) is 1. The van der Waals surface area contributed by atoms with Crippen LogP contribution in [0.3, 0.4) is 0 Å². The van der Waals surface area contributed by atoms with E-state index in [9.17, 15) is 23.2 Å². The minimum Gasteiger partial charge on any atom is -0.493 e. The van der Waals surface area contributed by atoms with Crippen LogP contribution in [0, 0.1) is 0 Å². The number of H-pyrrole nitrogens is 1. The number of amides is 3. The van der Waals surface area contributed by atoms with E-state index in [1.54, 1.807) is 31.3 Å². The lowest BCUT2D eigenvalue weighted by atomic mass is 10.0. The molecule has 1 aliphatic heterocycles. The molecular weight excluding hydrogens is 597 g/mol. The molecule has 0 saturated carbocycles. The fraction of sp³-hybridized carbons (Fsp3) is 0.345. The molecule has 2 aliphatic rings. The van der Waals surface area contributed by atoms with Gasteiger partial charge in [0.25, 0.3) is 5.56 Å². The maximum Gasteiger partial charge on any atom is 0.346 e. The summed E-state index contributed by atoms with van der Waals surface area (Å²) in [4.78, 5) is 51.5. The number of fused-ring (bicyclic) bond motifs is 1. The molecular formula is C29H33F2N6O4PS. The van der Waals surface area contributed by atoms with Crippen molar-refractivity contribution in [2.24, 2.45) is 9.98 Å². The summed E-state index contributed by atoms with van der Waals surface area (Å²) in [6, 6.07) is 7.97. The highest BCUT2D eigenvalue weighted by atomic mass is 32.2. The standard InChI is InChI=1S/C29H33F2N6O4PS/c1-17(32-2)43-25-9-6-20(27(39)34-25)15-36(3)29(40)35-28(33-21-7-8-23-19(13-21)5-4-10-41-23)37(16-38)14-18-11-22(30)26(31)24(42)12-18/h6-9,11-13,16,22,26H,4-5,10,14-15,42H2,1-3H3,(H,34,39)(H,33,35,40)/b32-17-. The van der Waals surface area contributed by atoms with Gasteiger partial charge >= 0.3 is 6.03 Å². The van der Waals surface area contributed by atoms with Gasteiger partial charge in [0.05, 0.1) is 29.8 Å². The van der Waals surface area contributed by atoms with Gasteiger partial charge in [-0.15, -0.1) is 9.24 Å². The van der Waals surface area contributed by atoms with Crippen LogP contribution in [0.4, 0.5) is 19.3 Å². The number of pyridine rings is 1. The summed E-state index contributed by atoms with van der Waals surface area (Å²) in [6.45, 7) is 2.21. The van der Waals surface area contributed by atoms with Gasteiger partial charge in [-0.1, -0.05) is 17.8 Å². The van der Waals surface area contributed by atoms with Gasteiger partial charge in [0.1, 0.15) is 5.75 Å². The van der Waals surface area contributed by atoms with Crippen LogP contribution in [0.25, 0.3) is 0 Å². The van der Waals surface area contributed by atoms with Gasteiger partial charge in [0.2, 0.25) is 12.4 Å². The first-order chi connectivity index (χ1) is 20.6. The zero-order valence-electron chi connectivity index (χ0n) is 24.0. The van der Waals surface area contributed by atoms with E-state index in [2.05, 4.69) is 29.5 Å². The number of rotatable bonds is 7. The van der Waals surface area contributed by atoms with E-state index in [0.717, 1.165) is 40.2 Å². The topological polar surface area (TPSA) is 119 Å². The number of guanidine groups is 1. The van der Waals surface area contributed by atoms with E-state index in [1.165, 1.54) is 29.8 Å². The van der Waals surface area contributed by atoms with Crippen molar-refractivity contribution in [3.8, 4) is 5.75 Å². The number of hydrogen-bond donors (Lipinski definition) is 2. The van der Waals surface area contributed by atoms with Crippen molar-refractivity contribution in [1.29, 1.82) is 0 Å². The largest absolute Gasteiger partial charge is 0.493 e. The second-order valence-corrected chi connectivity index (χ2v) is 11.9. The third kappa shape index (κ3) is 8.39. The number of anilines is 1. The molecule has 4 rings (SSSR count). The molecule has 1 aromatic heterocycles. The van der Waals surface area contributed by atoms with Gasteiger partial charge in [-0.25, -0.2) is 13.6 Å². The number of alkyl halides is 2. The molecule has 0 radical (unpaired) electrons. The zero-order valence-corrected chi connectivity index (χ0v) is 25.9. The SMILES string of the molecule is C/N=C(/C)Sc1ccc(CN(C)C(=O)/N=C(/Nc2ccc3c(c2)CCCO3)N(C=O)CC2=CC(F)C(F)C(P)=C2)c(=O)[nH]1. The van der Waals surface area contributed by atoms with Crippen molar-refractivity contribution in [1.82, 2.24) is 14.8 Å². The quantitative estimate of drug-likeness (QED) is 0.151. The van der Waals surface area contributed by atoms with Gasteiger partial charge in [-0.3, -0.25) is 19.5 Å². The molecule has 0 fully saturated rings. The molecule has 2 heterocycles. The van der Waals surface area contributed by atoms with Crippen LogP contribution in [-0.2, 0) is 17.8 Å². The summed E-state index contributed by atoms with van der Waals surface area (Å²) >= 11 is 1.31. The summed E-state index contributed by atoms with van der Waals surface area (Å²) in [5, 5.41) is 4.53. The molecule has 3 amide bonds. The average molecular weight is 631 g/mol. The first-order valence-electron chi connectivity index (χ1n) is 13.5. The van der Waals surface area contributed by atoms with Crippen molar-refractivity contribution < 1.29 is 23.1 Å². The Hall–Kier alpha value is -3.83. The smallest absolute Gasteiger partial charge is 0.346 e. The van der Waals surface area contributed by atoms with E-state index < -0.39 is 18.4 Å². The fourth-order valence-corrected chi connectivity index (χ4v) is 5.46. The Bertz CT molecular complexity index is 1560. The van der Waals surface area contributed by atoms with Crippen LogP contribution in [0.2, 0.25) is 0 Å². The molecule has 0 saturated heterocycles. The highest BCUT2D eigenvalue weighted by Gasteiger charge is 2.26. The zero-order chi connectivity index (χ0) is 31.1. The Balaban J connectivity index is 1.59. The molecule has 2 aromatic rings. The van der Waals surface area contributed by atoms with Crippen LogP contribution in [0.1, 0.15) is 24.5 Å². The van der Waals surface area contributed by atoms with Crippen molar-refractivity contribution in [3.63, 3.8) is 0 Å². The van der Waals surface area contributed by atoms with Crippen LogP contribution >= 0.6 is 21.0 Å². The van der Waals surface area contributed by atoms with Crippen LogP contribution < -0.4 is 15.6 Å². The van der Waals surface area contributed by atoms with Gasteiger partial charge in [0, 0.05) is 25.3 Å². The average Bonchev–Trinajstić information content (AvgIpc) is 2.99. The number of halogens is 2. The van der Waals surface area contributed by atoms with E-state index in [-0.39, 0.29) is 29.9 Å². The normalized spacial score (nSPS) is 18.6. The number of aromatic amines is 1. The predicted octanol–water partition coefficient (Wildman–Crippen LogP) is 4.69. The number of allylic oxidation sites excluding steroid dienone is 2. The molecule has 43 heavy (non-hydrogen) atoms.